The van der Waals surface area contributed by atoms with Crippen molar-refractivity contribution in [3.05, 3.63) is 28.0 Å². The molecule has 1 unspecified atom stereocenters. The molecule has 0 aliphatic carbocycles. The van der Waals surface area contributed by atoms with Crippen LogP contribution in [0, 0.1) is 5.92 Å². The Balaban J connectivity index is 2.52. The molecule has 5 heteroatoms. The highest BCUT2D eigenvalue weighted by atomic mass is 32.1. The van der Waals surface area contributed by atoms with Crippen LogP contribution in [0.3, 0.4) is 0 Å². The predicted molar refractivity (Wildman–Crippen MR) is 76.9 cm³/mol. The lowest BCUT2D eigenvalue weighted by Gasteiger charge is -2.08. The molecule has 1 atom stereocenters. The van der Waals surface area contributed by atoms with Crippen LogP contribution in [0.1, 0.15) is 37.1 Å². The molecule has 0 saturated heterocycles. The van der Waals surface area contributed by atoms with E-state index in [0.29, 0.717) is 18.9 Å². The Hall–Kier alpha value is -1.62. The average Bonchev–Trinajstić information content (AvgIpc) is 2.81. The summed E-state index contributed by atoms with van der Waals surface area (Å²) in [6, 6.07) is 1.85. The van der Waals surface area contributed by atoms with Crippen molar-refractivity contribution in [2.24, 2.45) is 5.92 Å². The second kappa shape index (κ2) is 7.74. The molecule has 0 bridgehead atoms. The van der Waals surface area contributed by atoms with Crippen LogP contribution in [0.5, 0.6) is 0 Å². The van der Waals surface area contributed by atoms with E-state index in [1.165, 1.54) is 11.3 Å². The maximum atomic E-state index is 11.7. The number of amides is 1. The number of rotatable bonds is 7. The minimum absolute atomic E-state index is 0.0379. The van der Waals surface area contributed by atoms with Crippen molar-refractivity contribution in [2.45, 2.75) is 33.2 Å². The quantitative estimate of drug-likeness (QED) is 0.755. The first kappa shape index (κ1) is 15.4. The summed E-state index contributed by atoms with van der Waals surface area (Å²) in [4.78, 5) is 23.1. The van der Waals surface area contributed by atoms with Crippen molar-refractivity contribution in [2.75, 3.05) is 0 Å². The van der Waals surface area contributed by atoms with Gasteiger partial charge in [0.1, 0.15) is 0 Å². The number of thiophene rings is 1. The molecule has 2 N–H and O–H groups in total. The van der Waals surface area contributed by atoms with Crippen molar-refractivity contribution in [3.8, 4) is 0 Å². The number of hydrogen-bond donors (Lipinski definition) is 2. The Kier molecular flexibility index (Phi) is 6.29. The number of aliphatic carboxylic acids is 1. The molecule has 104 valence electrons. The fraction of sp³-hybridized carbons (Fsp3) is 0.429. The molecule has 1 heterocycles. The van der Waals surface area contributed by atoms with Crippen molar-refractivity contribution in [1.29, 1.82) is 0 Å². The van der Waals surface area contributed by atoms with Crippen molar-refractivity contribution < 1.29 is 14.7 Å². The van der Waals surface area contributed by atoms with E-state index >= 15 is 0 Å². The molecule has 1 aromatic heterocycles. The zero-order valence-electron chi connectivity index (χ0n) is 11.2. The van der Waals surface area contributed by atoms with Crippen LogP contribution in [0.15, 0.2) is 17.5 Å². The van der Waals surface area contributed by atoms with Crippen LogP contribution in [-0.4, -0.2) is 17.0 Å². The second-order valence-corrected chi connectivity index (χ2v) is 5.47. The second-order valence-electron chi connectivity index (χ2n) is 4.46. The van der Waals surface area contributed by atoms with E-state index in [-0.39, 0.29) is 5.91 Å². The Morgan fingerprint density at radius 2 is 2.26 bits per heavy atom. The van der Waals surface area contributed by atoms with Crippen LogP contribution in [-0.2, 0) is 16.1 Å². The summed E-state index contributed by atoms with van der Waals surface area (Å²) in [7, 11) is 0. The number of nitrogens with one attached hydrogen (secondary N) is 1. The minimum atomic E-state index is -0.974. The van der Waals surface area contributed by atoms with E-state index in [4.69, 9.17) is 5.11 Å². The van der Waals surface area contributed by atoms with Gasteiger partial charge in [0.05, 0.1) is 6.54 Å². The van der Waals surface area contributed by atoms with E-state index < -0.39 is 5.97 Å². The molecule has 4 nitrogen and oxygen atoms in total. The van der Waals surface area contributed by atoms with Gasteiger partial charge in [-0.15, -0.1) is 11.3 Å². The summed E-state index contributed by atoms with van der Waals surface area (Å²) in [5, 5.41) is 13.3. The van der Waals surface area contributed by atoms with E-state index in [0.717, 1.165) is 22.9 Å². The zero-order chi connectivity index (χ0) is 14.3. The fourth-order valence-electron chi connectivity index (χ4n) is 1.52. The smallest absolute Gasteiger partial charge is 0.328 e. The molecule has 0 aromatic carbocycles. The summed E-state index contributed by atoms with van der Waals surface area (Å²) in [5.74, 6) is -0.552. The molecular formula is C14H19NO3S. The first-order chi connectivity index (χ1) is 9.02. The third-order valence-corrected chi connectivity index (χ3v) is 3.80. The minimum Gasteiger partial charge on any atom is -0.478 e. The molecule has 1 rings (SSSR count). The number of carboxylic acids is 1. The number of carboxylic acid groups (broad SMARTS) is 1. The normalized spacial score (nSPS) is 12.5. The van der Waals surface area contributed by atoms with Crippen molar-refractivity contribution in [1.82, 2.24) is 5.32 Å². The lowest BCUT2D eigenvalue weighted by molar-refractivity contribution is -0.131. The summed E-state index contributed by atoms with van der Waals surface area (Å²) in [6.07, 6.45) is 4.17. The molecule has 0 radical (unpaired) electrons. The first-order valence-corrected chi connectivity index (χ1v) is 7.15. The lowest BCUT2D eigenvalue weighted by atomic mass is 10.1. The molecular weight excluding hydrogens is 262 g/mol. The SMILES string of the molecule is CCC(C)CC(=O)NCc1sccc1/C=C/C(=O)O. The highest BCUT2D eigenvalue weighted by Gasteiger charge is 2.08. The van der Waals surface area contributed by atoms with Gasteiger partial charge in [0, 0.05) is 17.4 Å². The molecule has 1 amide bonds. The first-order valence-electron chi connectivity index (χ1n) is 6.27. The fourth-order valence-corrected chi connectivity index (χ4v) is 2.32. The Labute approximate surface area is 117 Å². The summed E-state index contributed by atoms with van der Waals surface area (Å²) < 4.78 is 0. The molecule has 19 heavy (non-hydrogen) atoms. The lowest BCUT2D eigenvalue weighted by Crippen LogP contribution is -2.24. The third kappa shape index (κ3) is 5.70. The predicted octanol–water partition coefficient (Wildman–Crippen LogP) is 2.90. The monoisotopic (exact) mass is 281 g/mol. The molecule has 0 spiro atoms. The highest BCUT2D eigenvalue weighted by molar-refractivity contribution is 7.10. The van der Waals surface area contributed by atoms with Gasteiger partial charge in [0.2, 0.25) is 5.91 Å². The van der Waals surface area contributed by atoms with Gasteiger partial charge in [-0.3, -0.25) is 4.79 Å². The average molecular weight is 281 g/mol. The van der Waals surface area contributed by atoms with Gasteiger partial charge >= 0.3 is 5.97 Å². The number of carbonyl (C=O) groups is 2. The molecule has 0 saturated carbocycles. The summed E-state index contributed by atoms with van der Waals surface area (Å²) in [5.41, 5.74) is 0.844. The van der Waals surface area contributed by atoms with Crippen LogP contribution in [0.4, 0.5) is 0 Å². The largest absolute Gasteiger partial charge is 0.478 e. The highest BCUT2D eigenvalue weighted by Crippen LogP contribution is 2.18. The summed E-state index contributed by atoms with van der Waals surface area (Å²) in [6.45, 7) is 4.56. The van der Waals surface area contributed by atoms with Crippen molar-refractivity contribution in [3.63, 3.8) is 0 Å². The van der Waals surface area contributed by atoms with E-state index in [1.54, 1.807) is 6.08 Å². The van der Waals surface area contributed by atoms with Gasteiger partial charge in [-0.25, -0.2) is 4.79 Å². The van der Waals surface area contributed by atoms with Gasteiger partial charge in [-0.1, -0.05) is 20.3 Å². The van der Waals surface area contributed by atoms with Gasteiger partial charge in [0.15, 0.2) is 0 Å². The number of hydrogen-bond acceptors (Lipinski definition) is 3. The third-order valence-electron chi connectivity index (χ3n) is 2.86. The Morgan fingerprint density at radius 1 is 1.53 bits per heavy atom. The van der Waals surface area contributed by atoms with Gasteiger partial charge < -0.3 is 10.4 Å². The van der Waals surface area contributed by atoms with Gasteiger partial charge in [-0.2, -0.15) is 0 Å². The molecule has 1 aromatic rings. The topological polar surface area (TPSA) is 66.4 Å². The van der Waals surface area contributed by atoms with Crippen LogP contribution < -0.4 is 5.32 Å². The zero-order valence-corrected chi connectivity index (χ0v) is 12.0. The Bertz CT molecular complexity index is 465. The van der Waals surface area contributed by atoms with Crippen LogP contribution in [0.25, 0.3) is 6.08 Å². The summed E-state index contributed by atoms with van der Waals surface area (Å²) >= 11 is 1.51. The van der Waals surface area contributed by atoms with E-state index in [9.17, 15) is 9.59 Å². The maximum Gasteiger partial charge on any atom is 0.328 e. The van der Waals surface area contributed by atoms with Gasteiger partial charge in [0.25, 0.3) is 0 Å². The standard InChI is InChI=1S/C14H19NO3S/c1-3-10(2)8-13(16)15-9-12-11(6-7-19-12)4-5-14(17)18/h4-7,10H,3,8-9H2,1-2H3,(H,15,16)(H,17,18)/b5-4+. The van der Waals surface area contributed by atoms with E-state index in [2.05, 4.69) is 12.2 Å². The number of carbonyl (C=O) groups excluding carboxylic acids is 1. The van der Waals surface area contributed by atoms with E-state index in [1.807, 2.05) is 18.4 Å². The maximum absolute atomic E-state index is 11.7. The Morgan fingerprint density at radius 3 is 2.89 bits per heavy atom. The van der Waals surface area contributed by atoms with Gasteiger partial charge in [-0.05, 0) is 29.0 Å². The van der Waals surface area contributed by atoms with Crippen molar-refractivity contribution >= 4 is 29.3 Å². The molecule has 0 aliphatic heterocycles. The van der Waals surface area contributed by atoms with Crippen LogP contribution in [0.2, 0.25) is 0 Å². The molecule has 0 fully saturated rings. The molecule has 0 aliphatic rings. The van der Waals surface area contributed by atoms with Crippen LogP contribution >= 0.6 is 11.3 Å².